The molecular weight excluding hydrogens is 322 g/mol. The Kier molecular flexibility index (Phi) is 6.53. The predicted octanol–water partition coefficient (Wildman–Crippen LogP) is 1.67. The minimum Gasteiger partial charge on any atom is -0.508 e. The van der Waals surface area contributed by atoms with Gasteiger partial charge in [-0.15, -0.1) is 0 Å². The number of carbonyl (C=O) groups excluding carboxylic acids is 2. The molecule has 2 amide bonds. The van der Waals surface area contributed by atoms with Crippen LogP contribution in [-0.4, -0.2) is 36.8 Å². The van der Waals surface area contributed by atoms with E-state index >= 15 is 0 Å². The van der Waals surface area contributed by atoms with Crippen molar-refractivity contribution in [1.29, 1.82) is 0 Å². The van der Waals surface area contributed by atoms with Crippen molar-refractivity contribution in [2.24, 2.45) is 5.10 Å². The average Bonchev–Trinajstić information content (AvgIpc) is 2.62. The number of aromatic hydroxyl groups is 1. The summed E-state index contributed by atoms with van der Waals surface area (Å²) in [7, 11) is 1.55. The van der Waals surface area contributed by atoms with Gasteiger partial charge in [0, 0.05) is 18.5 Å². The van der Waals surface area contributed by atoms with Crippen molar-refractivity contribution in [2.45, 2.75) is 6.42 Å². The highest BCUT2D eigenvalue weighted by Gasteiger charge is 2.06. The lowest BCUT2D eigenvalue weighted by atomic mass is 10.2. The van der Waals surface area contributed by atoms with Gasteiger partial charge in [0.25, 0.3) is 5.91 Å². The van der Waals surface area contributed by atoms with Gasteiger partial charge in [-0.3, -0.25) is 9.59 Å². The predicted molar refractivity (Wildman–Crippen MR) is 93.8 cm³/mol. The molecule has 0 aliphatic rings. The molecule has 25 heavy (non-hydrogen) atoms. The van der Waals surface area contributed by atoms with E-state index in [0.717, 1.165) is 0 Å². The van der Waals surface area contributed by atoms with Crippen LogP contribution in [-0.2, 0) is 4.79 Å². The van der Waals surface area contributed by atoms with Gasteiger partial charge in [0.15, 0.2) is 0 Å². The largest absolute Gasteiger partial charge is 0.508 e. The molecule has 0 aliphatic heterocycles. The molecule has 0 saturated heterocycles. The molecule has 7 nitrogen and oxygen atoms in total. The van der Waals surface area contributed by atoms with Gasteiger partial charge in [-0.1, -0.05) is 12.1 Å². The summed E-state index contributed by atoms with van der Waals surface area (Å²) in [5, 5.41) is 15.8. The van der Waals surface area contributed by atoms with E-state index in [0.29, 0.717) is 16.9 Å². The number of rotatable bonds is 7. The van der Waals surface area contributed by atoms with Crippen LogP contribution in [0.4, 0.5) is 0 Å². The number of carbonyl (C=O) groups is 2. The molecule has 0 atom stereocenters. The molecule has 0 fully saturated rings. The molecule has 7 heteroatoms. The quantitative estimate of drug-likeness (QED) is 0.527. The second kappa shape index (κ2) is 9.07. The Morgan fingerprint density at radius 2 is 1.96 bits per heavy atom. The van der Waals surface area contributed by atoms with Gasteiger partial charge in [0.1, 0.15) is 11.5 Å². The Bertz CT molecular complexity index is 757. The van der Waals surface area contributed by atoms with E-state index < -0.39 is 0 Å². The standard InChI is InChI=1S/C18H19N3O4/c1-25-16-7-5-14(6-8-16)18(24)19-10-9-17(23)21-20-12-13-3-2-4-15(22)11-13/h2-8,11-12,22H,9-10H2,1H3,(H,19,24)(H,21,23). The Morgan fingerprint density at radius 3 is 2.64 bits per heavy atom. The van der Waals surface area contributed by atoms with E-state index in [-0.39, 0.29) is 30.5 Å². The summed E-state index contributed by atoms with van der Waals surface area (Å²) in [5.41, 5.74) is 3.51. The number of ether oxygens (including phenoxy) is 1. The van der Waals surface area contributed by atoms with Crippen molar-refractivity contribution in [2.75, 3.05) is 13.7 Å². The van der Waals surface area contributed by atoms with Gasteiger partial charge >= 0.3 is 0 Å². The van der Waals surface area contributed by atoms with E-state index in [1.54, 1.807) is 49.6 Å². The third-order valence-corrected chi connectivity index (χ3v) is 3.26. The summed E-state index contributed by atoms with van der Waals surface area (Å²) in [6.07, 6.45) is 1.52. The zero-order valence-corrected chi connectivity index (χ0v) is 13.7. The van der Waals surface area contributed by atoms with Crippen LogP contribution in [0.1, 0.15) is 22.3 Å². The first-order valence-electron chi connectivity index (χ1n) is 7.61. The number of hydrazone groups is 1. The lowest BCUT2D eigenvalue weighted by Crippen LogP contribution is -2.29. The fourth-order valence-corrected chi connectivity index (χ4v) is 1.97. The maximum absolute atomic E-state index is 11.9. The zero-order valence-electron chi connectivity index (χ0n) is 13.7. The zero-order chi connectivity index (χ0) is 18.1. The molecule has 0 radical (unpaired) electrons. The second-order valence-electron chi connectivity index (χ2n) is 5.12. The number of phenolic OH excluding ortho intramolecular Hbond substituents is 1. The summed E-state index contributed by atoms with van der Waals surface area (Å²) < 4.78 is 5.03. The molecule has 3 N–H and O–H groups in total. The molecular formula is C18H19N3O4. The topological polar surface area (TPSA) is 100 Å². The van der Waals surface area contributed by atoms with E-state index in [9.17, 15) is 14.7 Å². The number of hydrogen-bond acceptors (Lipinski definition) is 5. The molecule has 2 aromatic rings. The van der Waals surface area contributed by atoms with Crippen molar-refractivity contribution in [3.63, 3.8) is 0 Å². The van der Waals surface area contributed by atoms with Gasteiger partial charge < -0.3 is 15.2 Å². The van der Waals surface area contributed by atoms with Crippen LogP contribution < -0.4 is 15.5 Å². The maximum Gasteiger partial charge on any atom is 0.251 e. The number of nitrogens with zero attached hydrogens (tertiary/aromatic N) is 1. The van der Waals surface area contributed by atoms with E-state index in [1.807, 2.05) is 0 Å². The molecule has 130 valence electrons. The minimum atomic E-state index is -0.327. The number of phenols is 1. The third-order valence-electron chi connectivity index (χ3n) is 3.26. The van der Waals surface area contributed by atoms with E-state index in [2.05, 4.69) is 15.8 Å². The summed E-state index contributed by atoms with van der Waals surface area (Å²) in [4.78, 5) is 23.6. The first kappa shape index (κ1) is 18.0. The van der Waals surface area contributed by atoms with E-state index in [4.69, 9.17) is 4.74 Å². The lowest BCUT2D eigenvalue weighted by molar-refractivity contribution is -0.120. The van der Waals surface area contributed by atoms with Crippen LogP contribution in [0, 0.1) is 0 Å². The highest BCUT2D eigenvalue weighted by atomic mass is 16.5. The smallest absolute Gasteiger partial charge is 0.251 e. The molecule has 0 saturated carbocycles. The molecule has 2 aromatic carbocycles. The van der Waals surface area contributed by atoms with Gasteiger partial charge in [-0.05, 0) is 42.0 Å². The molecule has 0 unspecified atom stereocenters. The first-order valence-corrected chi connectivity index (χ1v) is 7.61. The number of hydrogen-bond donors (Lipinski definition) is 3. The van der Waals surface area contributed by atoms with Gasteiger partial charge in [0.2, 0.25) is 5.91 Å². The van der Waals surface area contributed by atoms with Crippen LogP contribution in [0.3, 0.4) is 0 Å². The summed E-state index contributed by atoms with van der Waals surface area (Å²) in [6.45, 7) is 0.193. The Balaban J connectivity index is 1.71. The first-order chi connectivity index (χ1) is 12.1. The number of methoxy groups -OCH3 is 1. The fraction of sp³-hybridized carbons (Fsp3) is 0.167. The normalized spacial score (nSPS) is 10.4. The Labute approximate surface area is 145 Å². The van der Waals surface area contributed by atoms with Crippen molar-refractivity contribution < 1.29 is 19.4 Å². The van der Waals surface area contributed by atoms with Crippen molar-refractivity contribution >= 4 is 18.0 Å². The molecule has 2 rings (SSSR count). The van der Waals surface area contributed by atoms with Gasteiger partial charge in [-0.25, -0.2) is 5.43 Å². The highest BCUT2D eigenvalue weighted by molar-refractivity contribution is 5.94. The average molecular weight is 341 g/mol. The van der Waals surface area contributed by atoms with Gasteiger partial charge in [-0.2, -0.15) is 5.10 Å². The maximum atomic E-state index is 11.9. The van der Waals surface area contributed by atoms with Crippen molar-refractivity contribution in [1.82, 2.24) is 10.7 Å². The SMILES string of the molecule is COc1ccc(C(=O)NCCC(=O)NN=Cc2cccc(O)c2)cc1. The summed E-state index contributed by atoms with van der Waals surface area (Å²) >= 11 is 0. The van der Waals surface area contributed by atoms with Crippen LogP contribution in [0.25, 0.3) is 0 Å². The van der Waals surface area contributed by atoms with Crippen LogP contribution >= 0.6 is 0 Å². The van der Waals surface area contributed by atoms with Gasteiger partial charge in [0.05, 0.1) is 13.3 Å². The van der Waals surface area contributed by atoms with Crippen LogP contribution in [0.2, 0.25) is 0 Å². The number of amides is 2. The van der Waals surface area contributed by atoms with Crippen LogP contribution in [0.5, 0.6) is 11.5 Å². The molecule has 0 aliphatic carbocycles. The third kappa shape index (κ3) is 5.98. The molecule has 0 bridgehead atoms. The summed E-state index contributed by atoms with van der Waals surface area (Å²) in [6, 6.07) is 13.2. The van der Waals surface area contributed by atoms with Crippen molar-refractivity contribution in [3.8, 4) is 11.5 Å². The molecule has 0 aromatic heterocycles. The number of benzene rings is 2. The van der Waals surface area contributed by atoms with Crippen LogP contribution in [0.15, 0.2) is 53.6 Å². The second-order valence-corrected chi connectivity index (χ2v) is 5.12. The number of nitrogens with one attached hydrogen (secondary N) is 2. The molecule has 0 heterocycles. The summed E-state index contributed by atoms with van der Waals surface area (Å²) in [5.74, 6) is 0.196. The van der Waals surface area contributed by atoms with Crippen molar-refractivity contribution in [3.05, 3.63) is 59.7 Å². The van der Waals surface area contributed by atoms with E-state index in [1.165, 1.54) is 12.3 Å². The lowest BCUT2D eigenvalue weighted by Gasteiger charge is -2.05. The minimum absolute atomic E-state index is 0.0965. The Morgan fingerprint density at radius 1 is 1.20 bits per heavy atom. The fourth-order valence-electron chi connectivity index (χ4n) is 1.97. The molecule has 0 spiro atoms. The highest BCUT2D eigenvalue weighted by Crippen LogP contribution is 2.11. The Hall–Kier alpha value is -3.35. The monoisotopic (exact) mass is 341 g/mol.